The van der Waals surface area contributed by atoms with Crippen LogP contribution in [0.3, 0.4) is 0 Å². The highest BCUT2D eigenvalue weighted by molar-refractivity contribution is 5.85. The first-order chi connectivity index (χ1) is 10.0. The van der Waals surface area contributed by atoms with E-state index in [0.717, 1.165) is 17.8 Å². The maximum atomic E-state index is 12.0. The van der Waals surface area contributed by atoms with Crippen molar-refractivity contribution >= 4 is 24.2 Å². The van der Waals surface area contributed by atoms with Crippen molar-refractivity contribution in [3.63, 3.8) is 0 Å². The van der Waals surface area contributed by atoms with Gasteiger partial charge in [-0.1, -0.05) is 0 Å². The molecule has 0 aromatic heterocycles. The van der Waals surface area contributed by atoms with Crippen LogP contribution >= 0.6 is 12.4 Å². The van der Waals surface area contributed by atoms with Gasteiger partial charge in [0.15, 0.2) is 0 Å². The summed E-state index contributed by atoms with van der Waals surface area (Å²) >= 11 is 0. The third-order valence-electron chi connectivity index (χ3n) is 6.01. The second-order valence-electron chi connectivity index (χ2n) is 7.55. The SMILES string of the molecule is CC(NC(=O)CNC(=O)CN)C12CC3CC(CC(C3)C1)C2.Cl. The quantitative estimate of drug-likeness (QED) is 0.708. The van der Waals surface area contributed by atoms with Crippen molar-refractivity contribution in [1.82, 2.24) is 10.6 Å². The molecule has 0 heterocycles. The van der Waals surface area contributed by atoms with Crippen LogP contribution in [0.2, 0.25) is 0 Å². The monoisotopic (exact) mass is 329 g/mol. The molecule has 4 fully saturated rings. The molecule has 4 aliphatic rings. The molecule has 22 heavy (non-hydrogen) atoms. The number of carbonyl (C=O) groups is 2. The fraction of sp³-hybridized carbons (Fsp3) is 0.875. The van der Waals surface area contributed by atoms with E-state index >= 15 is 0 Å². The van der Waals surface area contributed by atoms with Crippen LogP contribution in [-0.4, -0.2) is 30.9 Å². The van der Waals surface area contributed by atoms with E-state index in [1.54, 1.807) is 0 Å². The molecule has 0 spiro atoms. The molecule has 2 amide bonds. The van der Waals surface area contributed by atoms with E-state index in [9.17, 15) is 9.59 Å². The zero-order valence-electron chi connectivity index (χ0n) is 13.3. The van der Waals surface area contributed by atoms with Crippen molar-refractivity contribution in [3.8, 4) is 0 Å². The highest BCUT2D eigenvalue weighted by atomic mass is 35.5. The predicted octanol–water partition coefficient (Wildman–Crippen LogP) is 1.20. The van der Waals surface area contributed by atoms with E-state index in [-0.39, 0.29) is 43.4 Å². The van der Waals surface area contributed by atoms with E-state index in [1.165, 1.54) is 38.5 Å². The number of hydrogen-bond donors (Lipinski definition) is 3. The molecule has 4 bridgehead atoms. The summed E-state index contributed by atoms with van der Waals surface area (Å²) in [5, 5.41) is 5.66. The lowest BCUT2D eigenvalue weighted by Crippen LogP contribution is -2.56. The van der Waals surface area contributed by atoms with Gasteiger partial charge in [-0.15, -0.1) is 12.4 Å². The minimum Gasteiger partial charge on any atom is -0.352 e. The van der Waals surface area contributed by atoms with E-state index in [2.05, 4.69) is 17.6 Å². The second kappa shape index (κ2) is 6.75. The maximum Gasteiger partial charge on any atom is 0.239 e. The van der Waals surface area contributed by atoms with Crippen molar-refractivity contribution < 1.29 is 9.59 Å². The van der Waals surface area contributed by atoms with Gasteiger partial charge in [0.2, 0.25) is 11.8 Å². The van der Waals surface area contributed by atoms with Crippen LogP contribution in [0, 0.1) is 23.2 Å². The molecule has 0 aliphatic heterocycles. The first-order valence-electron chi connectivity index (χ1n) is 8.27. The van der Waals surface area contributed by atoms with Gasteiger partial charge < -0.3 is 16.4 Å². The van der Waals surface area contributed by atoms with Crippen molar-refractivity contribution in [1.29, 1.82) is 0 Å². The standard InChI is InChI=1S/C16H27N3O2.ClH/c1-10(19-15(21)9-18-14(20)8-17)16-5-11-2-12(6-16)4-13(3-11)7-16;/h10-13H,2-9,17H2,1H3,(H,18,20)(H,19,21);1H. The van der Waals surface area contributed by atoms with Gasteiger partial charge in [0.05, 0.1) is 13.1 Å². The van der Waals surface area contributed by atoms with Crippen molar-refractivity contribution in [2.45, 2.75) is 51.5 Å². The summed E-state index contributed by atoms with van der Waals surface area (Å²) in [5.74, 6) is 2.26. The summed E-state index contributed by atoms with van der Waals surface area (Å²) in [6, 6.07) is 0.202. The molecule has 1 atom stereocenters. The Bertz CT molecular complexity index is 406. The van der Waals surface area contributed by atoms with Gasteiger partial charge in [0, 0.05) is 6.04 Å². The van der Waals surface area contributed by atoms with Crippen LogP contribution < -0.4 is 16.4 Å². The van der Waals surface area contributed by atoms with Crippen LogP contribution in [0.25, 0.3) is 0 Å². The van der Waals surface area contributed by atoms with Crippen LogP contribution in [0.1, 0.15) is 45.4 Å². The molecule has 4 N–H and O–H groups in total. The molecular weight excluding hydrogens is 302 g/mol. The lowest BCUT2D eigenvalue weighted by Gasteiger charge is -2.59. The lowest BCUT2D eigenvalue weighted by atomic mass is 9.48. The number of amides is 2. The molecule has 4 rings (SSSR count). The highest BCUT2D eigenvalue weighted by Crippen LogP contribution is 2.61. The molecule has 1 unspecified atom stereocenters. The third-order valence-corrected chi connectivity index (χ3v) is 6.01. The summed E-state index contributed by atoms with van der Waals surface area (Å²) in [6.45, 7) is 2.11. The van der Waals surface area contributed by atoms with Crippen molar-refractivity contribution in [2.24, 2.45) is 28.9 Å². The Hall–Kier alpha value is -0.810. The Kier molecular flexibility index (Phi) is 5.38. The number of hydrogen-bond acceptors (Lipinski definition) is 3. The highest BCUT2D eigenvalue weighted by Gasteiger charge is 2.53. The Labute approximate surface area is 138 Å². The minimum absolute atomic E-state index is 0. The van der Waals surface area contributed by atoms with Crippen LogP contribution in [0.4, 0.5) is 0 Å². The maximum absolute atomic E-state index is 12.0. The van der Waals surface area contributed by atoms with Crippen LogP contribution in [0.15, 0.2) is 0 Å². The number of carbonyl (C=O) groups excluding carboxylic acids is 2. The summed E-state index contributed by atoms with van der Waals surface area (Å²) in [5.41, 5.74) is 5.53. The molecule has 0 aromatic rings. The van der Waals surface area contributed by atoms with Gasteiger partial charge in [-0.05, 0) is 68.6 Å². The molecule has 0 aromatic carbocycles. The van der Waals surface area contributed by atoms with Gasteiger partial charge in [0.1, 0.15) is 0 Å². The Morgan fingerprint density at radius 1 is 1.09 bits per heavy atom. The van der Waals surface area contributed by atoms with Crippen molar-refractivity contribution in [2.75, 3.05) is 13.1 Å². The Morgan fingerprint density at radius 3 is 2.05 bits per heavy atom. The zero-order chi connectivity index (χ0) is 15.0. The average Bonchev–Trinajstić information content (AvgIpc) is 2.43. The number of rotatable bonds is 5. The first kappa shape index (κ1) is 17.5. The average molecular weight is 330 g/mol. The summed E-state index contributed by atoms with van der Waals surface area (Å²) in [4.78, 5) is 23.1. The lowest BCUT2D eigenvalue weighted by molar-refractivity contribution is -0.128. The molecule has 0 saturated heterocycles. The van der Waals surface area contributed by atoms with Crippen molar-refractivity contribution in [3.05, 3.63) is 0 Å². The number of halogens is 1. The number of nitrogens with one attached hydrogen (secondary N) is 2. The number of nitrogens with two attached hydrogens (primary N) is 1. The first-order valence-corrected chi connectivity index (χ1v) is 8.27. The van der Waals surface area contributed by atoms with Gasteiger partial charge in [0.25, 0.3) is 0 Å². The van der Waals surface area contributed by atoms with Crippen LogP contribution in [0.5, 0.6) is 0 Å². The normalized spacial score (nSPS) is 36.4. The summed E-state index contributed by atoms with van der Waals surface area (Å²) in [7, 11) is 0. The Balaban J connectivity index is 0.00000176. The fourth-order valence-electron chi connectivity index (χ4n) is 5.40. The van der Waals surface area contributed by atoms with Crippen LogP contribution in [-0.2, 0) is 9.59 Å². The largest absolute Gasteiger partial charge is 0.352 e. The Morgan fingerprint density at radius 2 is 1.59 bits per heavy atom. The smallest absolute Gasteiger partial charge is 0.239 e. The summed E-state index contributed by atoms with van der Waals surface area (Å²) < 4.78 is 0. The fourth-order valence-corrected chi connectivity index (χ4v) is 5.40. The molecule has 6 heteroatoms. The van der Waals surface area contributed by atoms with E-state index in [4.69, 9.17) is 5.73 Å². The third kappa shape index (κ3) is 3.40. The molecule has 5 nitrogen and oxygen atoms in total. The van der Waals surface area contributed by atoms with E-state index in [1.807, 2.05) is 0 Å². The molecule has 4 saturated carbocycles. The second-order valence-corrected chi connectivity index (χ2v) is 7.55. The van der Waals surface area contributed by atoms with Gasteiger partial charge in [-0.3, -0.25) is 9.59 Å². The van der Waals surface area contributed by atoms with Gasteiger partial charge in [-0.2, -0.15) is 0 Å². The topological polar surface area (TPSA) is 84.2 Å². The zero-order valence-corrected chi connectivity index (χ0v) is 14.1. The van der Waals surface area contributed by atoms with Gasteiger partial charge >= 0.3 is 0 Å². The van der Waals surface area contributed by atoms with E-state index in [0.29, 0.717) is 5.41 Å². The molecule has 126 valence electrons. The molecule has 0 radical (unpaired) electrons. The minimum atomic E-state index is -0.285. The summed E-state index contributed by atoms with van der Waals surface area (Å²) in [6.07, 6.45) is 8.05. The predicted molar refractivity (Wildman–Crippen MR) is 87.5 cm³/mol. The van der Waals surface area contributed by atoms with E-state index < -0.39 is 0 Å². The molecular formula is C16H28ClN3O2. The molecule has 4 aliphatic carbocycles. The van der Waals surface area contributed by atoms with Gasteiger partial charge in [-0.25, -0.2) is 0 Å².